The molecule has 0 aliphatic carbocycles. The summed E-state index contributed by atoms with van der Waals surface area (Å²) in [7, 11) is 0. The second-order valence-corrected chi connectivity index (χ2v) is 9.73. The number of amides is 2. The predicted octanol–water partition coefficient (Wildman–Crippen LogP) is 2.94. The van der Waals surface area contributed by atoms with Gasteiger partial charge in [-0.1, -0.05) is 40.9 Å². The highest BCUT2D eigenvalue weighted by Gasteiger charge is 2.34. The lowest BCUT2D eigenvalue weighted by atomic mass is 10.0. The first-order valence-electron chi connectivity index (χ1n) is 11.0. The average Bonchev–Trinajstić information content (AvgIpc) is 3.23. The highest BCUT2D eigenvalue weighted by atomic mass is 35.5. The van der Waals surface area contributed by atoms with Crippen LogP contribution < -0.4 is 20.9 Å². The van der Waals surface area contributed by atoms with Gasteiger partial charge in [-0.3, -0.25) is 9.59 Å². The summed E-state index contributed by atoms with van der Waals surface area (Å²) in [6, 6.07) is 4.12. The Labute approximate surface area is 212 Å². The molecular formula is C22H25Cl3N6O3. The van der Waals surface area contributed by atoms with Crippen LogP contribution in [0, 0.1) is 0 Å². The molecule has 4 atom stereocenters. The van der Waals surface area contributed by atoms with Gasteiger partial charge in [0.2, 0.25) is 17.8 Å². The third-order valence-electron chi connectivity index (χ3n) is 6.02. The molecule has 2 aromatic rings. The Morgan fingerprint density at radius 1 is 1.26 bits per heavy atom. The topological polar surface area (TPSA) is 119 Å². The number of rotatable bonds is 6. The van der Waals surface area contributed by atoms with Gasteiger partial charge in [0.15, 0.2) is 5.82 Å². The van der Waals surface area contributed by atoms with E-state index >= 15 is 0 Å². The normalized spacial score (nSPS) is 23.4. The number of aliphatic hydroxyl groups is 1. The van der Waals surface area contributed by atoms with E-state index in [1.54, 1.807) is 12.1 Å². The summed E-state index contributed by atoms with van der Waals surface area (Å²) >= 11 is 18.6. The number of nitrogens with zero attached hydrogens (tertiary/aromatic N) is 3. The fraction of sp³-hybridized carbons (Fsp3) is 0.455. The molecule has 0 saturated carbocycles. The summed E-state index contributed by atoms with van der Waals surface area (Å²) < 4.78 is 0. The summed E-state index contributed by atoms with van der Waals surface area (Å²) in [5.41, 5.74) is 0.840. The molecule has 0 radical (unpaired) electrons. The van der Waals surface area contributed by atoms with Crippen LogP contribution in [0.4, 0.5) is 11.8 Å². The molecule has 9 nitrogen and oxygen atoms in total. The number of aliphatic hydroxyl groups excluding tert-OH is 1. The molecule has 182 valence electrons. The zero-order chi connectivity index (χ0) is 24.4. The van der Waals surface area contributed by atoms with Crippen LogP contribution in [0.3, 0.4) is 0 Å². The second-order valence-electron chi connectivity index (χ2n) is 8.47. The summed E-state index contributed by atoms with van der Waals surface area (Å²) in [6.07, 6.45) is 1.99. The van der Waals surface area contributed by atoms with E-state index < -0.39 is 18.2 Å². The third kappa shape index (κ3) is 5.66. The van der Waals surface area contributed by atoms with E-state index in [9.17, 15) is 14.7 Å². The van der Waals surface area contributed by atoms with Crippen molar-refractivity contribution >= 4 is 58.4 Å². The highest BCUT2D eigenvalue weighted by Crippen LogP contribution is 2.31. The Morgan fingerprint density at radius 2 is 2.06 bits per heavy atom. The van der Waals surface area contributed by atoms with E-state index in [4.69, 9.17) is 34.8 Å². The van der Waals surface area contributed by atoms with Crippen molar-refractivity contribution in [1.82, 2.24) is 20.6 Å². The quantitative estimate of drug-likeness (QED) is 0.456. The van der Waals surface area contributed by atoms with Gasteiger partial charge in [0.25, 0.3) is 0 Å². The van der Waals surface area contributed by atoms with Crippen molar-refractivity contribution in [3.63, 3.8) is 0 Å². The third-order valence-corrected chi connectivity index (χ3v) is 6.86. The number of benzene rings is 1. The van der Waals surface area contributed by atoms with Crippen LogP contribution in [0.25, 0.3) is 0 Å². The van der Waals surface area contributed by atoms with Gasteiger partial charge in [0, 0.05) is 29.6 Å². The van der Waals surface area contributed by atoms with Crippen LogP contribution in [0.2, 0.25) is 15.1 Å². The molecule has 2 fully saturated rings. The molecule has 1 aromatic heterocycles. The number of aromatic nitrogens is 2. The molecule has 3 heterocycles. The maximum absolute atomic E-state index is 12.4. The van der Waals surface area contributed by atoms with Crippen LogP contribution in [0.5, 0.6) is 0 Å². The number of nitrogens with one attached hydrogen (secondary N) is 3. The lowest BCUT2D eigenvalue weighted by Crippen LogP contribution is -2.57. The van der Waals surface area contributed by atoms with Crippen molar-refractivity contribution in [2.45, 2.75) is 50.4 Å². The molecule has 1 aromatic carbocycles. The lowest BCUT2D eigenvalue weighted by Gasteiger charge is -2.36. The van der Waals surface area contributed by atoms with Gasteiger partial charge in [-0.05, 0) is 37.5 Å². The van der Waals surface area contributed by atoms with Crippen molar-refractivity contribution in [3.8, 4) is 0 Å². The molecular weight excluding hydrogens is 503 g/mol. The molecule has 0 spiro atoms. The first kappa shape index (κ1) is 24.8. The fourth-order valence-corrected chi connectivity index (χ4v) is 4.84. The number of carbonyl (C=O) groups is 2. The smallest absolute Gasteiger partial charge is 0.242 e. The Bertz CT molecular complexity index is 1090. The van der Waals surface area contributed by atoms with Crippen molar-refractivity contribution in [2.75, 3.05) is 23.3 Å². The van der Waals surface area contributed by atoms with Crippen molar-refractivity contribution < 1.29 is 14.7 Å². The van der Waals surface area contributed by atoms with Crippen LogP contribution in [0.15, 0.2) is 24.4 Å². The molecule has 4 N–H and O–H groups in total. The minimum atomic E-state index is -0.822. The van der Waals surface area contributed by atoms with Gasteiger partial charge < -0.3 is 26.0 Å². The number of anilines is 2. The van der Waals surface area contributed by atoms with Gasteiger partial charge in [-0.15, -0.1) is 0 Å². The Morgan fingerprint density at radius 3 is 2.74 bits per heavy atom. The maximum atomic E-state index is 12.4. The summed E-state index contributed by atoms with van der Waals surface area (Å²) in [4.78, 5) is 34.5. The van der Waals surface area contributed by atoms with Crippen molar-refractivity contribution in [3.05, 3.63) is 45.0 Å². The molecule has 12 heteroatoms. The van der Waals surface area contributed by atoms with E-state index in [0.717, 1.165) is 5.56 Å². The van der Waals surface area contributed by atoms with Crippen molar-refractivity contribution in [2.24, 2.45) is 0 Å². The van der Waals surface area contributed by atoms with E-state index in [-0.39, 0.29) is 24.4 Å². The second kappa shape index (κ2) is 10.5. The molecule has 2 aliphatic heterocycles. The van der Waals surface area contributed by atoms with Gasteiger partial charge in [-0.25, -0.2) is 4.98 Å². The van der Waals surface area contributed by atoms with Crippen molar-refractivity contribution in [1.29, 1.82) is 0 Å². The Hall–Kier alpha value is -2.33. The first-order chi connectivity index (χ1) is 16.2. The molecule has 0 unspecified atom stereocenters. The molecule has 0 bridgehead atoms. The van der Waals surface area contributed by atoms with Gasteiger partial charge in [0.1, 0.15) is 11.1 Å². The number of halogens is 3. The Balaban J connectivity index is 1.40. The van der Waals surface area contributed by atoms with Gasteiger partial charge >= 0.3 is 0 Å². The van der Waals surface area contributed by atoms with E-state index in [1.165, 1.54) is 6.20 Å². The number of carbonyl (C=O) groups excluding carboxylic acids is 2. The largest absolute Gasteiger partial charge is 0.389 e. The summed E-state index contributed by atoms with van der Waals surface area (Å²) in [6.45, 7) is 2.69. The van der Waals surface area contributed by atoms with Crippen LogP contribution >= 0.6 is 34.8 Å². The van der Waals surface area contributed by atoms with E-state index in [2.05, 4.69) is 25.9 Å². The summed E-state index contributed by atoms with van der Waals surface area (Å²) in [5.74, 6) is 0.445. The number of piperidine rings is 1. The standard InChI is InChI=1S/C22H25Cl3N6O3/c1-11(13-3-2-12(23)8-14(13)24)27-20-15(25)9-26-22(30-20)31-7-6-16(18(32)10-31)29-21(34)17-4-5-19(33)28-17/h2-3,8-9,11,16-18,32H,4-7,10H2,1H3,(H,28,33)(H,29,34)(H,26,27,30)/t11-,16+,17-,18+/m1/s1. The Kier molecular flexibility index (Phi) is 7.67. The fourth-order valence-electron chi connectivity index (χ4n) is 4.12. The van der Waals surface area contributed by atoms with Gasteiger partial charge in [0.05, 0.1) is 24.4 Å². The minimum Gasteiger partial charge on any atom is -0.389 e. The molecule has 2 amide bonds. The number of β-amino-alcohol motifs (C(OH)–C–C–N with tert-alkyl or cyclic N) is 1. The summed E-state index contributed by atoms with van der Waals surface area (Å²) in [5, 5.41) is 20.8. The predicted molar refractivity (Wildman–Crippen MR) is 131 cm³/mol. The zero-order valence-corrected chi connectivity index (χ0v) is 20.7. The number of hydrogen-bond acceptors (Lipinski definition) is 7. The first-order valence-corrected chi connectivity index (χ1v) is 12.1. The number of hydrogen-bond donors (Lipinski definition) is 4. The van der Waals surface area contributed by atoms with Crippen LogP contribution in [0.1, 0.15) is 37.8 Å². The van der Waals surface area contributed by atoms with E-state index in [1.807, 2.05) is 17.9 Å². The molecule has 2 aliphatic rings. The maximum Gasteiger partial charge on any atom is 0.242 e. The highest BCUT2D eigenvalue weighted by molar-refractivity contribution is 6.35. The molecule has 34 heavy (non-hydrogen) atoms. The molecule has 4 rings (SSSR count). The van der Waals surface area contributed by atoms with Gasteiger partial charge in [-0.2, -0.15) is 4.98 Å². The molecule has 2 saturated heterocycles. The van der Waals surface area contributed by atoms with Crippen LogP contribution in [-0.2, 0) is 9.59 Å². The zero-order valence-electron chi connectivity index (χ0n) is 18.4. The van der Waals surface area contributed by atoms with E-state index in [0.29, 0.717) is 52.6 Å². The van der Waals surface area contributed by atoms with Crippen LogP contribution in [-0.4, -0.2) is 58.2 Å². The minimum absolute atomic E-state index is 0.132. The monoisotopic (exact) mass is 526 g/mol. The SMILES string of the molecule is C[C@@H](Nc1nc(N2CC[C@H](NC(=O)[C@H]3CCC(=O)N3)[C@@H](O)C2)ncc1Cl)c1ccc(Cl)cc1Cl. The lowest BCUT2D eigenvalue weighted by molar-refractivity contribution is -0.127. The average molecular weight is 528 g/mol.